The molecule has 2 aromatic heterocycles. The number of aromatic nitrogens is 2. The molecule has 0 aliphatic carbocycles. The predicted octanol–water partition coefficient (Wildman–Crippen LogP) is 6.20. The highest BCUT2D eigenvalue weighted by molar-refractivity contribution is 5.90. The third-order valence-electron chi connectivity index (χ3n) is 5.64. The third-order valence-corrected chi connectivity index (χ3v) is 5.64. The Hall–Kier alpha value is -4.69. The molecule has 0 saturated carbocycles. The minimum atomic E-state index is -0.961. The summed E-state index contributed by atoms with van der Waals surface area (Å²) in [4.78, 5) is 15.9. The third kappa shape index (κ3) is 3.64. The Kier molecular flexibility index (Phi) is 4.96. The molecule has 2 heterocycles. The lowest BCUT2D eigenvalue weighted by molar-refractivity contribution is 0.0697. The van der Waals surface area contributed by atoms with Crippen LogP contribution >= 0.6 is 0 Å². The highest BCUT2D eigenvalue weighted by Crippen LogP contribution is 2.31. The van der Waals surface area contributed by atoms with Gasteiger partial charge in [0.05, 0.1) is 22.3 Å². The molecule has 0 fully saturated rings. The van der Waals surface area contributed by atoms with Gasteiger partial charge in [0.25, 0.3) is 0 Å². The number of imidazole rings is 1. The van der Waals surface area contributed by atoms with Crippen LogP contribution in [0.1, 0.15) is 32.6 Å². The van der Waals surface area contributed by atoms with E-state index in [1.54, 1.807) is 24.3 Å². The molecule has 33 heavy (non-hydrogen) atoms. The van der Waals surface area contributed by atoms with Crippen LogP contribution < -0.4 is 0 Å². The van der Waals surface area contributed by atoms with Crippen molar-refractivity contribution in [1.82, 2.24) is 9.38 Å². The molecule has 0 saturated heterocycles. The maximum atomic E-state index is 11.1. The quantitative estimate of drug-likeness (QED) is 0.369. The zero-order valence-electron chi connectivity index (χ0n) is 17.9. The fraction of sp³-hybridized carbons (Fsp3) is 0.0357. The van der Waals surface area contributed by atoms with E-state index in [1.807, 2.05) is 53.0 Å². The van der Waals surface area contributed by atoms with Crippen molar-refractivity contribution in [2.24, 2.45) is 0 Å². The Labute approximate surface area is 190 Å². The number of aromatic carboxylic acids is 1. The fourth-order valence-electron chi connectivity index (χ4n) is 4.04. The first-order valence-electron chi connectivity index (χ1n) is 10.5. The summed E-state index contributed by atoms with van der Waals surface area (Å²) < 4.78 is 2.04. The molecule has 1 N–H and O–H groups in total. The molecular weight excluding hydrogens is 410 g/mol. The molecule has 3 aromatic carbocycles. The first-order chi connectivity index (χ1) is 16.0. The topological polar surface area (TPSA) is 78.4 Å². The summed E-state index contributed by atoms with van der Waals surface area (Å²) in [5.41, 5.74) is 7.82. The van der Waals surface area contributed by atoms with Crippen LogP contribution in [0, 0.1) is 18.3 Å². The summed E-state index contributed by atoms with van der Waals surface area (Å²) in [5.74, 6) is -0.961. The first-order valence-corrected chi connectivity index (χ1v) is 10.5. The molecule has 5 nitrogen and oxygen atoms in total. The number of hydrogen-bond donors (Lipinski definition) is 1. The summed E-state index contributed by atoms with van der Waals surface area (Å²) in [5, 5.41) is 19.1. The molecule has 5 aromatic rings. The molecule has 0 radical (unpaired) electrons. The average molecular weight is 429 g/mol. The molecule has 158 valence electrons. The van der Waals surface area contributed by atoms with E-state index in [0.29, 0.717) is 11.2 Å². The molecule has 0 spiro atoms. The monoisotopic (exact) mass is 429 g/mol. The van der Waals surface area contributed by atoms with Gasteiger partial charge in [-0.3, -0.25) is 4.40 Å². The Bertz CT molecular complexity index is 1600. The predicted molar refractivity (Wildman–Crippen MR) is 130 cm³/mol. The van der Waals surface area contributed by atoms with Gasteiger partial charge in [-0.05, 0) is 60.0 Å². The SMILES string of the molecule is Cc1cccc(-c2cc(C=Cc3ccc(C(=O)O)cc3)c(C#N)c3nc4ccccc4n23)c1. The van der Waals surface area contributed by atoms with E-state index in [0.717, 1.165) is 39.0 Å². The summed E-state index contributed by atoms with van der Waals surface area (Å²) in [6.07, 6.45) is 3.76. The molecule has 5 heteroatoms. The lowest BCUT2D eigenvalue weighted by atomic mass is 10.0. The van der Waals surface area contributed by atoms with Crippen molar-refractivity contribution in [2.45, 2.75) is 6.92 Å². The van der Waals surface area contributed by atoms with Crippen LogP contribution in [0.25, 0.3) is 40.1 Å². The number of para-hydroxylation sites is 2. The minimum absolute atomic E-state index is 0.233. The Morgan fingerprint density at radius 1 is 1.00 bits per heavy atom. The standard InChI is InChI=1S/C28H19N3O2/c1-18-5-4-6-22(15-18)26-16-21(14-11-19-9-12-20(13-10-19)28(32)33)23(17-29)27-30-24-7-2-3-8-25(24)31(26)27/h2-16H,1H3,(H,32,33). The van der Waals surface area contributed by atoms with Crippen molar-refractivity contribution in [3.8, 4) is 17.3 Å². The van der Waals surface area contributed by atoms with Crippen molar-refractivity contribution in [3.63, 3.8) is 0 Å². The number of hydrogen-bond acceptors (Lipinski definition) is 3. The van der Waals surface area contributed by atoms with Crippen molar-refractivity contribution in [3.05, 3.63) is 107 Å². The summed E-state index contributed by atoms with van der Waals surface area (Å²) in [6, 6.07) is 27.1. The van der Waals surface area contributed by atoms with E-state index in [2.05, 4.69) is 31.2 Å². The maximum absolute atomic E-state index is 11.1. The lowest BCUT2D eigenvalue weighted by Gasteiger charge is -2.11. The van der Waals surface area contributed by atoms with Gasteiger partial charge in [-0.25, -0.2) is 9.78 Å². The van der Waals surface area contributed by atoms with Crippen molar-refractivity contribution in [2.75, 3.05) is 0 Å². The van der Waals surface area contributed by atoms with Gasteiger partial charge in [-0.1, -0.05) is 60.2 Å². The molecule has 0 aliphatic rings. The molecule has 0 unspecified atom stereocenters. The Morgan fingerprint density at radius 3 is 2.52 bits per heavy atom. The smallest absolute Gasteiger partial charge is 0.335 e. The van der Waals surface area contributed by atoms with Gasteiger partial charge in [-0.15, -0.1) is 0 Å². The van der Waals surface area contributed by atoms with Crippen molar-refractivity contribution >= 4 is 34.8 Å². The number of fused-ring (bicyclic) bond motifs is 3. The van der Waals surface area contributed by atoms with Gasteiger partial charge in [-0.2, -0.15) is 5.26 Å². The van der Waals surface area contributed by atoms with E-state index in [4.69, 9.17) is 10.1 Å². The number of carboxylic acid groups (broad SMARTS) is 1. The number of nitriles is 1. The Morgan fingerprint density at radius 2 is 1.79 bits per heavy atom. The number of nitrogens with zero attached hydrogens (tertiary/aromatic N) is 3. The van der Waals surface area contributed by atoms with Gasteiger partial charge in [0.1, 0.15) is 11.6 Å². The number of pyridine rings is 1. The van der Waals surface area contributed by atoms with Gasteiger partial charge in [0.2, 0.25) is 0 Å². The van der Waals surface area contributed by atoms with Crippen LogP contribution in [-0.2, 0) is 0 Å². The van der Waals surface area contributed by atoms with Crippen molar-refractivity contribution < 1.29 is 9.90 Å². The largest absolute Gasteiger partial charge is 0.478 e. The second-order valence-electron chi connectivity index (χ2n) is 7.86. The summed E-state index contributed by atoms with van der Waals surface area (Å²) in [6.45, 7) is 2.05. The van der Waals surface area contributed by atoms with Crippen LogP contribution in [0.15, 0.2) is 78.9 Å². The molecule has 0 amide bonds. The molecule has 0 atom stereocenters. The zero-order valence-corrected chi connectivity index (χ0v) is 17.9. The van der Waals surface area contributed by atoms with Gasteiger partial charge >= 0.3 is 5.97 Å². The van der Waals surface area contributed by atoms with E-state index in [1.165, 1.54) is 0 Å². The Balaban J connectivity index is 1.74. The van der Waals surface area contributed by atoms with Crippen molar-refractivity contribution in [1.29, 1.82) is 5.26 Å². The summed E-state index contributed by atoms with van der Waals surface area (Å²) in [7, 11) is 0. The normalized spacial score (nSPS) is 11.3. The second kappa shape index (κ2) is 8.10. The van der Waals surface area contributed by atoms with E-state index in [9.17, 15) is 10.1 Å². The highest BCUT2D eigenvalue weighted by Gasteiger charge is 2.17. The van der Waals surface area contributed by atoms with Gasteiger partial charge in [0, 0.05) is 0 Å². The van der Waals surface area contributed by atoms with E-state index >= 15 is 0 Å². The fourth-order valence-corrected chi connectivity index (χ4v) is 4.04. The van der Waals surface area contributed by atoms with Crippen LogP contribution in [-0.4, -0.2) is 20.5 Å². The van der Waals surface area contributed by atoms with Gasteiger partial charge in [0.15, 0.2) is 5.65 Å². The van der Waals surface area contributed by atoms with Crippen LogP contribution in [0.2, 0.25) is 0 Å². The minimum Gasteiger partial charge on any atom is -0.478 e. The molecular formula is C28H19N3O2. The zero-order chi connectivity index (χ0) is 22.9. The van der Waals surface area contributed by atoms with E-state index in [-0.39, 0.29) is 5.56 Å². The average Bonchev–Trinajstić information content (AvgIpc) is 3.21. The lowest BCUT2D eigenvalue weighted by Crippen LogP contribution is -1.98. The highest BCUT2D eigenvalue weighted by atomic mass is 16.4. The van der Waals surface area contributed by atoms with Crippen LogP contribution in [0.4, 0.5) is 0 Å². The number of aryl methyl sites for hydroxylation is 1. The number of carboxylic acids is 1. The first kappa shape index (κ1) is 20.2. The number of rotatable bonds is 4. The molecule has 5 rings (SSSR count). The maximum Gasteiger partial charge on any atom is 0.335 e. The number of benzene rings is 3. The van der Waals surface area contributed by atoms with E-state index < -0.39 is 5.97 Å². The molecule has 0 aliphatic heterocycles. The van der Waals surface area contributed by atoms with Gasteiger partial charge < -0.3 is 5.11 Å². The molecule has 0 bridgehead atoms. The number of carbonyl (C=O) groups is 1. The summed E-state index contributed by atoms with van der Waals surface area (Å²) >= 11 is 0. The van der Waals surface area contributed by atoms with Crippen LogP contribution in [0.5, 0.6) is 0 Å². The van der Waals surface area contributed by atoms with Crippen LogP contribution in [0.3, 0.4) is 0 Å². The second-order valence-corrected chi connectivity index (χ2v) is 7.86.